The SMILES string of the molecule is CC(C)CCCN1CCC2C(C1)c1cccc3c1N2CCCS3. The number of rotatable bonds is 4. The van der Waals surface area contributed by atoms with Crippen LogP contribution in [0.25, 0.3) is 0 Å². The third-order valence-corrected chi connectivity index (χ3v) is 6.97. The molecule has 2 nitrogen and oxygen atoms in total. The van der Waals surface area contributed by atoms with Crippen molar-refractivity contribution in [3.8, 4) is 0 Å². The number of anilines is 1. The molecule has 0 N–H and O–H groups in total. The van der Waals surface area contributed by atoms with Gasteiger partial charge in [-0.3, -0.25) is 0 Å². The van der Waals surface area contributed by atoms with Crippen molar-refractivity contribution >= 4 is 17.4 Å². The lowest BCUT2D eigenvalue weighted by Crippen LogP contribution is -2.46. The van der Waals surface area contributed by atoms with E-state index in [0.717, 1.165) is 17.9 Å². The Morgan fingerprint density at radius 2 is 2.17 bits per heavy atom. The fourth-order valence-corrected chi connectivity index (χ4v) is 5.77. The number of likely N-dealkylation sites (tertiary alicyclic amines) is 1. The van der Waals surface area contributed by atoms with Crippen LogP contribution in [0.15, 0.2) is 23.1 Å². The Labute approximate surface area is 145 Å². The van der Waals surface area contributed by atoms with Crippen LogP contribution in [0.1, 0.15) is 51.0 Å². The van der Waals surface area contributed by atoms with Gasteiger partial charge in [-0.1, -0.05) is 26.0 Å². The van der Waals surface area contributed by atoms with Gasteiger partial charge >= 0.3 is 0 Å². The van der Waals surface area contributed by atoms with Gasteiger partial charge in [0.1, 0.15) is 0 Å². The lowest BCUT2D eigenvalue weighted by molar-refractivity contribution is 0.188. The van der Waals surface area contributed by atoms with Gasteiger partial charge in [-0.15, -0.1) is 11.8 Å². The van der Waals surface area contributed by atoms with Gasteiger partial charge in [0, 0.05) is 36.5 Å². The van der Waals surface area contributed by atoms with Crippen molar-refractivity contribution in [2.45, 2.75) is 56.4 Å². The molecule has 0 spiro atoms. The average molecular weight is 331 g/mol. The van der Waals surface area contributed by atoms with Crippen molar-refractivity contribution in [3.63, 3.8) is 0 Å². The first kappa shape index (κ1) is 15.8. The average Bonchev–Trinajstić information content (AvgIpc) is 2.70. The van der Waals surface area contributed by atoms with Crippen LogP contribution in [0.2, 0.25) is 0 Å². The largest absolute Gasteiger partial charge is 0.367 e. The van der Waals surface area contributed by atoms with Crippen LogP contribution in [-0.2, 0) is 0 Å². The number of piperidine rings is 1. The first-order valence-electron chi connectivity index (χ1n) is 9.48. The van der Waals surface area contributed by atoms with E-state index in [4.69, 9.17) is 0 Å². The molecule has 0 amide bonds. The summed E-state index contributed by atoms with van der Waals surface area (Å²) in [4.78, 5) is 7.06. The summed E-state index contributed by atoms with van der Waals surface area (Å²) in [5, 5.41) is 0. The third kappa shape index (κ3) is 3.02. The molecule has 2 atom stereocenters. The van der Waals surface area contributed by atoms with Gasteiger partial charge < -0.3 is 9.80 Å². The zero-order valence-corrected chi connectivity index (χ0v) is 15.4. The number of thioether (sulfide) groups is 1. The smallest absolute Gasteiger partial charge is 0.0543 e. The van der Waals surface area contributed by atoms with Crippen LogP contribution in [0.3, 0.4) is 0 Å². The number of nitrogens with zero attached hydrogens (tertiary/aromatic N) is 2. The maximum Gasteiger partial charge on any atom is 0.0543 e. The second-order valence-electron chi connectivity index (χ2n) is 7.89. The fourth-order valence-electron chi connectivity index (χ4n) is 4.73. The lowest BCUT2D eigenvalue weighted by atomic mass is 9.89. The summed E-state index contributed by atoms with van der Waals surface area (Å²) in [5.41, 5.74) is 3.25. The van der Waals surface area contributed by atoms with Gasteiger partial charge in [0.05, 0.1) is 5.69 Å². The van der Waals surface area contributed by atoms with E-state index in [1.807, 2.05) is 0 Å². The summed E-state index contributed by atoms with van der Waals surface area (Å²) in [5.74, 6) is 2.87. The summed E-state index contributed by atoms with van der Waals surface area (Å²) in [6.45, 7) is 9.83. The molecule has 3 heteroatoms. The van der Waals surface area contributed by atoms with Crippen molar-refractivity contribution < 1.29 is 0 Å². The highest BCUT2D eigenvalue weighted by Crippen LogP contribution is 2.50. The highest BCUT2D eigenvalue weighted by atomic mass is 32.2. The molecule has 0 saturated carbocycles. The predicted octanol–water partition coefficient (Wildman–Crippen LogP) is 4.60. The van der Waals surface area contributed by atoms with Crippen LogP contribution in [0.5, 0.6) is 0 Å². The molecule has 0 aliphatic carbocycles. The third-order valence-electron chi connectivity index (χ3n) is 5.83. The van der Waals surface area contributed by atoms with Gasteiger partial charge in [-0.25, -0.2) is 0 Å². The topological polar surface area (TPSA) is 6.48 Å². The van der Waals surface area contributed by atoms with E-state index in [1.165, 1.54) is 57.6 Å². The van der Waals surface area contributed by atoms with Crippen LogP contribution >= 0.6 is 11.8 Å². The van der Waals surface area contributed by atoms with Crippen LogP contribution in [0, 0.1) is 5.92 Å². The second kappa shape index (κ2) is 6.68. The van der Waals surface area contributed by atoms with Gasteiger partial charge in [0.15, 0.2) is 0 Å². The van der Waals surface area contributed by atoms with Gasteiger partial charge in [-0.05, 0) is 55.5 Å². The molecule has 3 aliphatic heterocycles. The summed E-state index contributed by atoms with van der Waals surface area (Å²) in [6.07, 6.45) is 5.42. The zero-order valence-electron chi connectivity index (χ0n) is 14.6. The number of hydrogen-bond donors (Lipinski definition) is 0. The van der Waals surface area contributed by atoms with Crippen LogP contribution in [0.4, 0.5) is 5.69 Å². The van der Waals surface area contributed by atoms with E-state index in [1.54, 1.807) is 16.1 Å². The van der Waals surface area contributed by atoms with E-state index in [9.17, 15) is 0 Å². The molecule has 0 aromatic heterocycles. The van der Waals surface area contributed by atoms with Crippen molar-refractivity contribution in [2.24, 2.45) is 5.92 Å². The molecule has 23 heavy (non-hydrogen) atoms. The molecule has 3 aliphatic rings. The maximum absolute atomic E-state index is 2.78. The Balaban J connectivity index is 1.52. The molecule has 0 bridgehead atoms. The van der Waals surface area contributed by atoms with Crippen molar-refractivity contribution in [2.75, 3.05) is 36.8 Å². The Hall–Kier alpha value is -0.670. The van der Waals surface area contributed by atoms with E-state index in [-0.39, 0.29) is 0 Å². The van der Waals surface area contributed by atoms with Gasteiger partial charge in [-0.2, -0.15) is 0 Å². The molecular weight excluding hydrogens is 300 g/mol. The quantitative estimate of drug-likeness (QED) is 0.797. The van der Waals surface area contributed by atoms with Crippen molar-refractivity contribution in [1.82, 2.24) is 4.90 Å². The minimum atomic E-state index is 0.747. The van der Waals surface area contributed by atoms with Crippen LogP contribution in [-0.4, -0.2) is 42.9 Å². The minimum Gasteiger partial charge on any atom is -0.367 e. The van der Waals surface area contributed by atoms with Gasteiger partial charge in [0.25, 0.3) is 0 Å². The molecule has 3 heterocycles. The van der Waals surface area contributed by atoms with Gasteiger partial charge in [0.2, 0.25) is 0 Å². The molecule has 1 aromatic rings. The first-order chi connectivity index (χ1) is 11.2. The highest BCUT2D eigenvalue weighted by Gasteiger charge is 2.43. The zero-order chi connectivity index (χ0) is 15.8. The molecule has 4 rings (SSSR count). The Kier molecular flexibility index (Phi) is 4.60. The monoisotopic (exact) mass is 330 g/mol. The number of hydrogen-bond acceptors (Lipinski definition) is 3. The predicted molar refractivity (Wildman–Crippen MR) is 101 cm³/mol. The summed E-state index contributed by atoms with van der Waals surface area (Å²) >= 11 is 2.08. The molecule has 1 aromatic carbocycles. The molecule has 1 saturated heterocycles. The number of para-hydroxylation sites is 1. The van der Waals surface area contributed by atoms with E-state index in [0.29, 0.717) is 0 Å². The Morgan fingerprint density at radius 3 is 3.04 bits per heavy atom. The molecule has 126 valence electrons. The standard InChI is InChI=1S/C20H30N2S/c1-15(2)6-4-10-21-12-9-18-17(14-21)16-7-3-8-19-20(16)22(18)11-5-13-23-19/h3,7-8,15,17-18H,4-6,9-14H2,1-2H3. The fraction of sp³-hybridized carbons (Fsp3) is 0.700. The molecule has 2 unspecified atom stereocenters. The normalized spacial score (nSPS) is 27.0. The molecular formula is C20H30N2S. The van der Waals surface area contributed by atoms with E-state index >= 15 is 0 Å². The summed E-state index contributed by atoms with van der Waals surface area (Å²) in [6, 6.07) is 7.83. The Morgan fingerprint density at radius 1 is 1.26 bits per heavy atom. The van der Waals surface area contributed by atoms with E-state index in [2.05, 4.69) is 53.6 Å². The summed E-state index contributed by atoms with van der Waals surface area (Å²) in [7, 11) is 0. The summed E-state index contributed by atoms with van der Waals surface area (Å²) < 4.78 is 0. The molecule has 1 fully saturated rings. The maximum atomic E-state index is 2.78. The second-order valence-corrected chi connectivity index (χ2v) is 9.03. The number of benzene rings is 1. The van der Waals surface area contributed by atoms with Crippen molar-refractivity contribution in [3.05, 3.63) is 23.8 Å². The van der Waals surface area contributed by atoms with E-state index < -0.39 is 0 Å². The minimum absolute atomic E-state index is 0.747. The van der Waals surface area contributed by atoms with Crippen LogP contribution < -0.4 is 4.90 Å². The first-order valence-corrected chi connectivity index (χ1v) is 10.5. The number of fused-ring (bicyclic) bond motifs is 3. The lowest BCUT2D eigenvalue weighted by Gasteiger charge is -2.39. The molecule has 0 radical (unpaired) electrons. The Bertz CT molecular complexity index is 557. The highest BCUT2D eigenvalue weighted by molar-refractivity contribution is 7.99. The van der Waals surface area contributed by atoms with Crippen molar-refractivity contribution in [1.29, 1.82) is 0 Å².